The van der Waals surface area contributed by atoms with E-state index >= 15 is 0 Å². The van der Waals surface area contributed by atoms with E-state index in [2.05, 4.69) is 29.9 Å². The number of hydrogen-bond acceptors (Lipinski definition) is 18. The topological polar surface area (TPSA) is 350 Å². The number of phosphoric acid groups is 2. The van der Waals surface area contributed by atoms with Crippen LogP contribution in [0.25, 0.3) is 22.3 Å². The lowest BCUT2D eigenvalue weighted by molar-refractivity contribution is -0.0664. The lowest BCUT2D eigenvalue weighted by Crippen LogP contribution is -2.39. The van der Waals surface area contributed by atoms with Crippen molar-refractivity contribution in [3.63, 3.8) is 0 Å². The van der Waals surface area contributed by atoms with Crippen LogP contribution < -0.4 is 22.6 Å². The van der Waals surface area contributed by atoms with Crippen molar-refractivity contribution in [1.29, 1.82) is 0 Å². The number of aromatic amines is 2. The Kier molecular flexibility index (Phi) is 7.39. The van der Waals surface area contributed by atoms with Crippen LogP contribution in [0, 0.1) is 0 Å². The number of nitrogens with one attached hydrogen (secondary N) is 2. The number of ether oxygens (including phenoxy) is 2. The van der Waals surface area contributed by atoms with Crippen LogP contribution in [0.1, 0.15) is 12.5 Å². The molecule has 0 amide bonds. The van der Waals surface area contributed by atoms with Crippen molar-refractivity contribution in [2.75, 3.05) is 24.7 Å². The molecule has 6 unspecified atom stereocenters. The van der Waals surface area contributed by atoms with Gasteiger partial charge in [-0.25, -0.2) is 19.1 Å². The fraction of sp³-hybridized carbons (Fsp3) is 0.500. The Balaban J connectivity index is 1.18. The highest BCUT2D eigenvalue weighted by Gasteiger charge is 2.54. The van der Waals surface area contributed by atoms with Crippen LogP contribution in [-0.2, 0) is 36.7 Å². The maximum atomic E-state index is 13.1. The monoisotopic (exact) mass is 690 g/mol. The highest BCUT2D eigenvalue weighted by molar-refractivity contribution is 7.47. The number of nitrogen functional groups attached to an aromatic ring is 2. The number of imidazole rings is 2. The van der Waals surface area contributed by atoms with Gasteiger partial charge in [0.1, 0.15) is 36.6 Å². The Labute approximate surface area is 253 Å². The summed E-state index contributed by atoms with van der Waals surface area (Å²) in [6.45, 7) is -1.74. The van der Waals surface area contributed by atoms with E-state index in [1.165, 1.54) is 0 Å². The molecular formula is C20H24N10O14P2. The molecule has 4 aromatic heterocycles. The summed E-state index contributed by atoms with van der Waals surface area (Å²) < 4.78 is 60.5. The first-order valence-electron chi connectivity index (χ1n) is 13.1. The van der Waals surface area contributed by atoms with Crippen molar-refractivity contribution in [1.82, 2.24) is 39.0 Å². The van der Waals surface area contributed by atoms with E-state index < -0.39 is 89.1 Å². The van der Waals surface area contributed by atoms with E-state index in [1.807, 2.05) is 0 Å². The first kappa shape index (κ1) is 31.0. The predicted octanol–water partition coefficient (Wildman–Crippen LogP) is -3.05. The zero-order chi connectivity index (χ0) is 32.7. The van der Waals surface area contributed by atoms with Gasteiger partial charge in [-0.1, -0.05) is 0 Å². The van der Waals surface area contributed by atoms with Crippen LogP contribution in [-0.4, -0.2) is 109 Å². The van der Waals surface area contributed by atoms with Crippen LogP contribution in [0.15, 0.2) is 22.2 Å². The molecular weight excluding hydrogens is 666 g/mol. The number of nitrogens with two attached hydrogens (primary N) is 2. The number of aliphatic hydroxyl groups excluding tert-OH is 2. The Morgan fingerprint density at radius 1 is 0.761 bits per heavy atom. The highest BCUT2D eigenvalue weighted by Crippen LogP contribution is 2.53. The molecule has 0 radical (unpaired) electrons. The lowest BCUT2D eigenvalue weighted by Gasteiger charge is -2.27. The standard InChI is InChI=1S/C20H24N10O14P2/c21-19-25-13-7(15(33)27-19)23-3-29(13)17-9(31)11-5(41-17)1-39-45(35,36)44-12-6(2-40-46(37,38)43-11)42-18(10(12)32)30-4-24-8-14(30)26-20(22)28-16(8)34/h3-6,9-12,17-18,31-32H,1-2H2,(H,35,36)(H,37,38)(H3,21,25,27,33)(H3,22,26,28,34)/t5-,6-,9?,10?,11?,12?,17-,18-/m1/s1. The molecule has 248 valence electrons. The van der Waals surface area contributed by atoms with E-state index in [-0.39, 0.29) is 34.2 Å². The molecule has 0 saturated carbocycles. The zero-order valence-corrected chi connectivity index (χ0v) is 24.6. The van der Waals surface area contributed by atoms with Crippen molar-refractivity contribution < 1.29 is 56.7 Å². The van der Waals surface area contributed by atoms with Gasteiger partial charge in [-0.2, -0.15) is 9.97 Å². The van der Waals surface area contributed by atoms with Gasteiger partial charge in [-0.05, 0) is 0 Å². The summed E-state index contributed by atoms with van der Waals surface area (Å²) in [7, 11) is -10.2. The molecule has 7 rings (SSSR count). The SMILES string of the molecule is Nc1nc2c(ncn2[C@@H]2O[C@@H]3COP(=O)(O)OC4C(O)[C@H](n5cnc6c(=O)[nH]c(N)nc65)O[C@@H]4COP(=O)(O)OC3C2O)c(=O)[nH]1. The van der Waals surface area contributed by atoms with Gasteiger partial charge < -0.3 is 40.9 Å². The maximum Gasteiger partial charge on any atom is 0.472 e. The normalized spacial score (nSPS) is 37.1. The third-order valence-corrected chi connectivity index (χ3v) is 9.35. The van der Waals surface area contributed by atoms with Crippen molar-refractivity contribution in [2.45, 2.75) is 49.1 Å². The smallest absolute Gasteiger partial charge is 0.386 e. The second-order valence-electron chi connectivity index (χ2n) is 10.3. The van der Waals surface area contributed by atoms with Crippen LogP contribution in [0.5, 0.6) is 0 Å². The Morgan fingerprint density at radius 3 is 1.54 bits per heavy atom. The van der Waals surface area contributed by atoms with Gasteiger partial charge in [0.25, 0.3) is 11.1 Å². The Bertz CT molecular complexity index is 1900. The minimum atomic E-state index is -5.10. The quantitative estimate of drug-likeness (QED) is 0.0968. The van der Waals surface area contributed by atoms with Gasteiger partial charge >= 0.3 is 15.6 Å². The number of aromatic nitrogens is 8. The second kappa shape index (κ2) is 11.0. The summed E-state index contributed by atoms with van der Waals surface area (Å²) in [6.07, 6.45) is -10.9. The molecule has 0 aliphatic carbocycles. The average molecular weight is 690 g/mol. The molecule has 46 heavy (non-hydrogen) atoms. The van der Waals surface area contributed by atoms with Crippen molar-refractivity contribution in [2.24, 2.45) is 0 Å². The molecule has 7 heterocycles. The van der Waals surface area contributed by atoms with Gasteiger partial charge in [-0.3, -0.25) is 46.8 Å². The summed E-state index contributed by atoms with van der Waals surface area (Å²) >= 11 is 0. The molecule has 24 nitrogen and oxygen atoms in total. The van der Waals surface area contributed by atoms with Crippen molar-refractivity contribution in [3.05, 3.63) is 33.4 Å². The Hall–Kier alpha value is -3.64. The predicted molar refractivity (Wildman–Crippen MR) is 146 cm³/mol. The van der Waals surface area contributed by atoms with Crippen LogP contribution in [0.4, 0.5) is 11.9 Å². The van der Waals surface area contributed by atoms with Crippen LogP contribution in [0.3, 0.4) is 0 Å². The largest absolute Gasteiger partial charge is 0.472 e. The summed E-state index contributed by atoms with van der Waals surface area (Å²) in [5, 5.41) is 22.2. The summed E-state index contributed by atoms with van der Waals surface area (Å²) in [5.41, 5.74) is 9.28. The molecule has 0 aromatic carbocycles. The third-order valence-electron chi connectivity index (χ3n) is 7.38. The second-order valence-corrected chi connectivity index (χ2v) is 13.1. The zero-order valence-electron chi connectivity index (χ0n) is 22.8. The molecule has 10 N–H and O–H groups in total. The fourth-order valence-electron chi connectivity index (χ4n) is 5.39. The third kappa shape index (κ3) is 5.33. The molecule has 0 bridgehead atoms. The number of phosphoric ester groups is 2. The first-order valence-corrected chi connectivity index (χ1v) is 16.1. The molecule has 26 heteroatoms. The Morgan fingerprint density at radius 2 is 1.15 bits per heavy atom. The molecule has 4 aromatic rings. The van der Waals surface area contributed by atoms with Gasteiger partial charge in [0.15, 0.2) is 34.8 Å². The molecule has 10 atom stereocenters. The number of aliphatic hydroxyl groups is 2. The van der Waals surface area contributed by atoms with Gasteiger partial charge in [0.2, 0.25) is 11.9 Å². The van der Waals surface area contributed by atoms with Crippen molar-refractivity contribution in [3.8, 4) is 0 Å². The van der Waals surface area contributed by atoms with E-state index in [9.17, 15) is 38.7 Å². The fourth-order valence-corrected chi connectivity index (χ4v) is 7.32. The minimum absolute atomic E-state index is 0.121. The van der Waals surface area contributed by atoms with Crippen LogP contribution >= 0.6 is 15.6 Å². The van der Waals surface area contributed by atoms with Gasteiger partial charge in [0.05, 0.1) is 25.9 Å². The van der Waals surface area contributed by atoms with Gasteiger partial charge in [-0.15, -0.1) is 0 Å². The minimum Gasteiger partial charge on any atom is -0.386 e. The van der Waals surface area contributed by atoms with Crippen molar-refractivity contribution >= 4 is 49.9 Å². The molecule has 3 aliphatic rings. The summed E-state index contributed by atoms with van der Waals surface area (Å²) in [5.74, 6) is -0.561. The number of fused-ring (bicyclic) bond motifs is 4. The first-order chi connectivity index (χ1) is 21.7. The van der Waals surface area contributed by atoms with E-state index in [4.69, 9.17) is 39.0 Å². The lowest BCUT2D eigenvalue weighted by atomic mass is 10.1. The molecule has 0 spiro atoms. The summed E-state index contributed by atoms with van der Waals surface area (Å²) in [4.78, 5) is 65.9. The van der Waals surface area contributed by atoms with Gasteiger partial charge in [0, 0.05) is 0 Å². The number of nitrogens with zero attached hydrogens (tertiary/aromatic N) is 6. The van der Waals surface area contributed by atoms with Crippen LogP contribution in [0.2, 0.25) is 0 Å². The molecule has 3 saturated heterocycles. The number of rotatable bonds is 2. The molecule has 3 aliphatic heterocycles. The molecule has 3 fully saturated rings. The van der Waals surface area contributed by atoms with E-state index in [1.54, 1.807) is 0 Å². The number of anilines is 2. The maximum absolute atomic E-state index is 13.1. The number of hydrogen-bond donors (Lipinski definition) is 8. The van der Waals surface area contributed by atoms with E-state index in [0.717, 1.165) is 21.8 Å². The number of H-pyrrole nitrogens is 2. The highest BCUT2D eigenvalue weighted by atomic mass is 31.2. The van der Waals surface area contributed by atoms with E-state index in [0.29, 0.717) is 0 Å². The summed E-state index contributed by atoms with van der Waals surface area (Å²) in [6, 6.07) is 0. The average Bonchev–Trinajstić information content (AvgIpc) is 3.72.